The fourth-order valence-electron chi connectivity index (χ4n) is 3.29. The molecule has 4 nitrogen and oxygen atoms in total. The van der Waals surface area contributed by atoms with Crippen molar-refractivity contribution in [3.05, 3.63) is 0 Å². The third-order valence-corrected chi connectivity index (χ3v) is 4.69. The van der Waals surface area contributed by atoms with Crippen LogP contribution >= 0.6 is 0 Å². The van der Waals surface area contributed by atoms with E-state index in [4.69, 9.17) is 10.5 Å². The van der Waals surface area contributed by atoms with E-state index in [1.54, 1.807) is 0 Å². The van der Waals surface area contributed by atoms with Crippen LogP contribution in [-0.2, 0) is 9.53 Å². The molecule has 4 heteroatoms. The molecule has 1 rings (SSSR count). The molecule has 0 aromatic rings. The minimum absolute atomic E-state index is 0.0566. The normalized spacial score (nSPS) is 24.2. The molecule has 1 saturated carbocycles. The van der Waals surface area contributed by atoms with Gasteiger partial charge in [0.2, 0.25) is 5.91 Å². The smallest absolute Gasteiger partial charge is 0.234 e. The van der Waals surface area contributed by atoms with Gasteiger partial charge in [-0.25, -0.2) is 0 Å². The highest BCUT2D eigenvalue weighted by Gasteiger charge is 2.36. The lowest BCUT2D eigenvalue weighted by Gasteiger charge is -2.40. The summed E-state index contributed by atoms with van der Waals surface area (Å²) in [7, 11) is 0. The van der Waals surface area contributed by atoms with Crippen LogP contribution in [0, 0.1) is 5.41 Å². The summed E-state index contributed by atoms with van der Waals surface area (Å²) in [5.41, 5.74) is 5.70. The molecule has 0 heterocycles. The molecule has 0 unspecified atom stereocenters. The number of hydrogen-bond acceptors (Lipinski definition) is 3. The summed E-state index contributed by atoms with van der Waals surface area (Å²) >= 11 is 0. The van der Waals surface area contributed by atoms with Crippen LogP contribution in [-0.4, -0.2) is 31.2 Å². The summed E-state index contributed by atoms with van der Waals surface area (Å²) in [6.07, 6.45) is 11.0. The molecule has 0 saturated heterocycles. The predicted octanol–water partition coefficient (Wildman–Crippen LogP) is 3.39. The first-order chi connectivity index (χ1) is 10.5. The molecule has 2 atom stereocenters. The zero-order valence-electron chi connectivity index (χ0n) is 14.8. The van der Waals surface area contributed by atoms with Crippen molar-refractivity contribution in [2.45, 2.75) is 90.7 Å². The Morgan fingerprint density at radius 1 is 1.23 bits per heavy atom. The molecule has 0 radical (unpaired) electrons. The standard InChI is InChI=1S/C18H36N2O2/c1-4-5-6-7-8-9-12-22-16-10-11-18(2,3)13-15(16)20-17(21)14-19/h15-16H,4-14,19H2,1-3H3,(H,20,21)/t15-,16-/m1/s1. The van der Waals surface area contributed by atoms with E-state index in [2.05, 4.69) is 26.1 Å². The highest BCUT2D eigenvalue weighted by atomic mass is 16.5. The van der Waals surface area contributed by atoms with E-state index in [1.165, 1.54) is 32.1 Å². The Morgan fingerprint density at radius 2 is 1.91 bits per heavy atom. The Balaban J connectivity index is 2.30. The summed E-state index contributed by atoms with van der Waals surface area (Å²) < 4.78 is 6.09. The highest BCUT2D eigenvalue weighted by molar-refractivity contribution is 5.78. The fraction of sp³-hybridized carbons (Fsp3) is 0.944. The Hall–Kier alpha value is -0.610. The van der Waals surface area contributed by atoms with E-state index in [1.807, 2.05) is 0 Å². The lowest BCUT2D eigenvalue weighted by Crippen LogP contribution is -2.51. The number of rotatable bonds is 10. The fourth-order valence-corrected chi connectivity index (χ4v) is 3.29. The largest absolute Gasteiger partial charge is 0.376 e. The van der Waals surface area contributed by atoms with Crippen LogP contribution in [0.5, 0.6) is 0 Å². The van der Waals surface area contributed by atoms with Crippen molar-refractivity contribution >= 4 is 5.91 Å². The Bertz CT molecular complexity index is 318. The van der Waals surface area contributed by atoms with Gasteiger partial charge in [-0.2, -0.15) is 0 Å². The van der Waals surface area contributed by atoms with Crippen molar-refractivity contribution in [1.29, 1.82) is 0 Å². The first-order valence-electron chi connectivity index (χ1n) is 9.09. The number of ether oxygens (including phenoxy) is 1. The second-order valence-corrected chi connectivity index (χ2v) is 7.46. The van der Waals surface area contributed by atoms with E-state index in [0.29, 0.717) is 0 Å². The maximum atomic E-state index is 11.6. The van der Waals surface area contributed by atoms with Crippen molar-refractivity contribution in [2.75, 3.05) is 13.2 Å². The van der Waals surface area contributed by atoms with Crippen LogP contribution in [0.3, 0.4) is 0 Å². The molecule has 1 fully saturated rings. The van der Waals surface area contributed by atoms with Gasteiger partial charge in [0.05, 0.1) is 18.7 Å². The number of nitrogens with one attached hydrogen (secondary N) is 1. The van der Waals surface area contributed by atoms with Gasteiger partial charge in [-0.15, -0.1) is 0 Å². The van der Waals surface area contributed by atoms with Gasteiger partial charge in [-0.05, 0) is 31.1 Å². The number of amides is 1. The van der Waals surface area contributed by atoms with Gasteiger partial charge in [0.25, 0.3) is 0 Å². The summed E-state index contributed by atoms with van der Waals surface area (Å²) in [6.45, 7) is 7.63. The van der Waals surface area contributed by atoms with Gasteiger partial charge in [0.1, 0.15) is 0 Å². The molecule has 1 aliphatic carbocycles. The Labute approximate surface area is 136 Å². The van der Waals surface area contributed by atoms with Crippen LogP contribution in [0.1, 0.15) is 78.6 Å². The molecule has 3 N–H and O–H groups in total. The lowest BCUT2D eigenvalue weighted by molar-refractivity contribution is -0.123. The van der Waals surface area contributed by atoms with Crippen LogP contribution in [0.4, 0.5) is 0 Å². The van der Waals surface area contributed by atoms with Gasteiger partial charge >= 0.3 is 0 Å². The minimum Gasteiger partial charge on any atom is -0.376 e. The van der Waals surface area contributed by atoms with E-state index in [0.717, 1.165) is 32.3 Å². The van der Waals surface area contributed by atoms with E-state index < -0.39 is 0 Å². The van der Waals surface area contributed by atoms with Gasteiger partial charge < -0.3 is 15.8 Å². The second kappa shape index (κ2) is 10.2. The molecule has 0 bridgehead atoms. The molecule has 1 aliphatic rings. The van der Waals surface area contributed by atoms with Crippen LogP contribution < -0.4 is 11.1 Å². The maximum Gasteiger partial charge on any atom is 0.234 e. The molecular weight excluding hydrogens is 276 g/mol. The molecule has 130 valence electrons. The Morgan fingerprint density at radius 3 is 2.59 bits per heavy atom. The number of nitrogens with two attached hydrogens (primary N) is 1. The predicted molar refractivity (Wildman–Crippen MR) is 91.7 cm³/mol. The summed E-state index contributed by atoms with van der Waals surface area (Å²) in [5.74, 6) is -0.0733. The van der Waals surface area contributed by atoms with Crippen LogP contribution in [0.25, 0.3) is 0 Å². The summed E-state index contributed by atoms with van der Waals surface area (Å²) in [6, 6.07) is 0.111. The third-order valence-electron chi connectivity index (χ3n) is 4.69. The number of carbonyl (C=O) groups is 1. The van der Waals surface area contributed by atoms with Gasteiger partial charge in [0, 0.05) is 6.61 Å². The molecule has 0 spiro atoms. The number of carbonyl (C=O) groups excluding carboxylic acids is 1. The topological polar surface area (TPSA) is 64.3 Å². The van der Waals surface area contributed by atoms with Crippen molar-refractivity contribution in [2.24, 2.45) is 11.1 Å². The summed E-state index contributed by atoms with van der Waals surface area (Å²) in [5, 5.41) is 3.05. The lowest BCUT2D eigenvalue weighted by atomic mass is 9.74. The molecule has 0 aromatic heterocycles. The minimum atomic E-state index is -0.0733. The van der Waals surface area contributed by atoms with Gasteiger partial charge in [-0.3, -0.25) is 4.79 Å². The highest BCUT2D eigenvalue weighted by Crippen LogP contribution is 2.36. The van der Waals surface area contributed by atoms with E-state index in [-0.39, 0.29) is 30.0 Å². The zero-order chi connectivity index (χ0) is 16.4. The van der Waals surface area contributed by atoms with E-state index in [9.17, 15) is 4.79 Å². The molecular formula is C18H36N2O2. The monoisotopic (exact) mass is 312 g/mol. The van der Waals surface area contributed by atoms with Crippen molar-refractivity contribution in [3.63, 3.8) is 0 Å². The summed E-state index contributed by atoms with van der Waals surface area (Å²) in [4.78, 5) is 11.6. The molecule has 0 aromatic carbocycles. The zero-order valence-corrected chi connectivity index (χ0v) is 14.8. The third kappa shape index (κ3) is 7.59. The molecule has 1 amide bonds. The second-order valence-electron chi connectivity index (χ2n) is 7.46. The Kier molecular flexibility index (Phi) is 9.03. The first-order valence-corrected chi connectivity index (χ1v) is 9.09. The maximum absolute atomic E-state index is 11.6. The van der Waals surface area contributed by atoms with Crippen molar-refractivity contribution in [1.82, 2.24) is 5.32 Å². The van der Waals surface area contributed by atoms with Crippen molar-refractivity contribution in [3.8, 4) is 0 Å². The number of unbranched alkanes of at least 4 members (excludes halogenated alkanes) is 5. The number of hydrogen-bond donors (Lipinski definition) is 2. The van der Waals surface area contributed by atoms with Crippen molar-refractivity contribution < 1.29 is 9.53 Å². The van der Waals surface area contributed by atoms with E-state index >= 15 is 0 Å². The first kappa shape index (κ1) is 19.4. The molecule has 22 heavy (non-hydrogen) atoms. The quantitative estimate of drug-likeness (QED) is 0.608. The average Bonchev–Trinajstić information content (AvgIpc) is 2.47. The van der Waals surface area contributed by atoms with Crippen LogP contribution in [0.2, 0.25) is 0 Å². The average molecular weight is 312 g/mol. The van der Waals surface area contributed by atoms with Gasteiger partial charge in [0.15, 0.2) is 0 Å². The SMILES string of the molecule is CCCCCCCCO[C@@H]1CCC(C)(C)C[C@H]1NC(=O)CN. The molecule has 0 aliphatic heterocycles. The van der Waals surface area contributed by atoms with Gasteiger partial charge in [-0.1, -0.05) is 52.9 Å². The van der Waals surface area contributed by atoms with Crippen LogP contribution in [0.15, 0.2) is 0 Å².